The van der Waals surface area contributed by atoms with Gasteiger partial charge in [-0.25, -0.2) is 4.98 Å². The highest BCUT2D eigenvalue weighted by atomic mass is 127. The lowest BCUT2D eigenvalue weighted by Gasteiger charge is -2.16. The maximum atomic E-state index is 6.08. The molecule has 142 valence electrons. The SMILES string of the molecule is CN=C(NCCCCSC)NCc1cccnc1OC1CCCC1.I. The molecule has 2 N–H and O–H groups in total. The van der Waals surface area contributed by atoms with E-state index in [0.717, 1.165) is 43.2 Å². The van der Waals surface area contributed by atoms with Crippen LogP contribution in [0.3, 0.4) is 0 Å². The summed E-state index contributed by atoms with van der Waals surface area (Å²) in [6, 6.07) is 4.02. The third-order valence-corrected chi connectivity index (χ3v) is 4.86. The molecule has 0 unspecified atom stereocenters. The van der Waals surface area contributed by atoms with Gasteiger partial charge in [0.05, 0.1) is 0 Å². The highest BCUT2D eigenvalue weighted by Crippen LogP contribution is 2.24. The molecule has 0 aromatic carbocycles. The molecule has 1 heterocycles. The number of nitrogens with zero attached hydrogens (tertiary/aromatic N) is 2. The zero-order valence-corrected chi connectivity index (χ0v) is 18.4. The molecule has 0 radical (unpaired) electrons. The highest BCUT2D eigenvalue weighted by molar-refractivity contribution is 14.0. The van der Waals surface area contributed by atoms with Crippen molar-refractivity contribution in [2.75, 3.05) is 25.6 Å². The number of hydrogen-bond acceptors (Lipinski definition) is 4. The second-order valence-corrected chi connectivity index (χ2v) is 7.03. The molecule has 1 aromatic heterocycles. The molecule has 1 saturated carbocycles. The van der Waals surface area contributed by atoms with Crippen molar-refractivity contribution in [3.05, 3.63) is 23.9 Å². The molecule has 0 aliphatic heterocycles. The average Bonchev–Trinajstić information content (AvgIpc) is 3.11. The molecule has 2 rings (SSSR count). The van der Waals surface area contributed by atoms with Crippen LogP contribution < -0.4 is 15.4 Å². The Morgan fingerprint density at radius 3 is 2.84 bits per heavy atom. The first kappa shape index (κ1) is 22.3. The fraction of sp³-hybridized carbons (Fsp3) is 0.667. The number of pyridine rings is 1. The molecule has 1 aliphatic carbocycles. The summed E-state index contributed by atoms with van der Waals surface area (Å²) in [4.78, 5) is 8.70. The first-order chi connectivity index (χ1) is 11.8. The van der Waals surface area contributed by atoms with Gasteiger partial charge in [0.15, 0.2) is 5.96 Å². The number of hydrogen-bond donors (Lipinski definition) is 2. The molecule has 5 nitrogen and oxygen atoms in total. The van der Waals surface area contributed by atoms with Crippen molar-refractivity contribution in [3.8, 4) is 5.88 Å². The molecule has 1 fully saturated rings. The fourth-order valence-corrected chi connectivity index (χ4v) is 3.30. The smallest absolute Gasteiger partial charge is 0.218 e. The van der Waals surface area contributed by atoms with Crippen molar-refractivity contribution in [1.29, 1.82) is 0 Å². The number of ether oxygens (including phenoxy) is 1. The van der Waals surface area contributed by atoms with Gasteiger partial charge in [-0.2, -0.15) is 11.8 Å². The Balaban J connectivity index is 0.00000312. The Morgan fingerprint density at radius 1 is 1.32 bits per heavy atom. The van der Waals surface area contributed by atoms with E-state index in [-0.39, 0.29) is 24.0 Å². The normalized spacial score (nSPS) is 14.9. The molecular weight excluding hydrogens is 447 g/mol. The van der Waals surface area contributed by atoms with Crippen LogP contribution in [0.5, 0.6) is 5.88 Å². The van der Waals surface area contributed by atoms with Gasteiger partial charge in [-0.15, -0.1) is 24.0 Å². The number of unbranched alkanes of at least 4 members (excludes halogenated alkanes) is 1. The van der Waals surface area contributed by atoms with Crippen molar-refractivity contribution in [1.82, 2.24) is 15.6 Å². The summed E-state index contributed by atoms with van der Waals surface area (Å²) < 4.78 is 6.08. The van der Waals surface area contributed by atoms with E-state index in [1.807, 2.05) is 17.8 Å². The Kier molecular flexibility index (Phi) is 12.1. The van der Waals surface area contributed by atoms with Crippen LogP contribution in [0.2, 0.25) is 0 Å². The van der Waals surface area contributed by atoms with E-state index in [0.29, 0.717) is 12.6 Å². The van der Waals surface area contributed by atoms with Crippen molar-refractivity contribution < 1.29 is 4.74 Å². The Morgan fingerprint density at radius 2 is 2.12 bits per heavy atom. The van der Waals surface area contributed by atoms with Gasteiger partial charge in [-0.3, -0.25) is 4.99 Å². The Hall–Kier alpha value is -0.700. The maximum absolute atomic E-state index is 6.08. The zero-order chi connectivity index (χ0) is 17.0. The summed E-state index contributed by atoms with van der Waals surface area (Å²) >= 11 is 1.89. The second-order valence-electron chi connectivity index (χ2n) is 6.04. The van der Waals surface area contributed by atoms with Gasteiger partial charge in [0.2, 0.25) is 5.88 Å². The number of thioether (sulfide) groups is 1. The molecule has 25 heavy (non-hydrogen) atoms. The lowest BCUT2D eigenvalue weighted by molar-refractivity contribution is 0.199. The number of aromatic nitrogens is 1. The zero-order valence-electron chi connectivity index (χ0n) is 15.3. The first-order valence-corrected chi connectivity index (χ1v) is 10.3. The summed E-state index contributed by atoms with van der Waals surface area (Å²) in [5.74, 6) is 2.80. The topological polar surface area (TPSA) is 58.5 Å². The predicted molar refractivity (Wildman–Crippen MR) is 118 cm³/mol. The van der Waals surface area contributed by atoms with Gasteiger partial charge < -0.3 is 15.4 Å². The van der Waals surface area contributed by atoms with Crippen LogP contribution in [-0.4, -0.2) is 42.6 Å². The lowest BCUT2D eigenvalue weighted by atomic mass is 10.2. The van der Waals surface area contributed by atoms with Gasteiger partial charge in [0, 0.05) is 31.9 Å². The van der Waals surface area contributed by atoms with Crippen LogP contribution in [0.15, 0.2) is 23.3 Å². The van der Waals surface area contributed by atoms with E-state index in [2.05, 4.69) is 32.9 Å². The largest absolute Gasteiger partial charge is 0.474 e. The van der Waals surface area contributed by atoms with E-state index < -0.39 is 0 Å². The highest BCUT2D eigenvalue weighted by Gasteiger charge is 2.18. The van der Waals surface area contributed by atoms with Crippen LogP contribution in [0.1, 0.15) is 44.1 Å². The quantitative estimate of drug-likeness (QED) is 0.245. The van der Waals surface area contributed by atoms with Crippen LogP contribution >= 0.6 is 35.7 Å². The Bertz CT molecular complexity index is 510. The van der Waals surface area contributed by atoms with E-state index in [4.69, 9.17) is 4.74 Å². The molecule has 0 saturated heterocycles. The summed E-state index contributed by atoms with van der Waals surface area (Å²) in [7, 11) is 1.80. The lowest BCUT2D eigenvalue weighted by Crippen LogP contribution is -2.37. The molecule has 0 amide bonds. The van der Waals surface area contributed by atoms with Gasteiger partial charge in [-0.1, -0.05) is 6.07 Å². The monoisotopic (exact) mass is 478 g/mol. The third kappa shape index (κ3) is 8.48. The maximum Gasteiger partial charge on any atom is 0.218 e. The molecule has 7 heteroatoms. The molecule has 0 bridgehead atoms. The minimum absolute atomic E-state index is 0. The van der Waals surface area contributed by atoms with E-state index in [9.17, 15) is 0 Å². The van der Waals surface area contributed by atoms with Gasteiger partial charge in [-0.05, 0) is 56.6 Å². The molecule has 1 aliphatic rings. The van der Waals surface area contributed by atoms with Crippen molar-refractivity contribution >= 4 is 41.7 Å². The standard InChI is InChI=1S/C18H30N4OS.HI/c1-19-18(21-11-5-6-13-24-2)22-14-15-8-7-12-20-17(15)23-16-9-3-4-10-16;/h7-8,12,16H,3-6,9-11,13-14H2,1-2H3,(H2,19,21,22);1H. The van der Waals surface area contributed by atoms with Crippen molar-refractivity contribution in [2.45, 2.75) is 51.2 Å². The predicted octanol–water partition coefficient (Wildman–Crippen LogP) is 3.83. The molecule has 0 spiro atoms. The summed E-state index contributed by atoms with van der Waals surface area (Å²) in [5, 5.41) is 6.72. The van der Waals surface area contributed by atoms with Gasteiger partial charge in [0.1, 0.15) is 6.10 Å². The fourth-order valence-electron chi connectivity index (χ4n) is 2.81. The van der Waals surface area contributed by atoms with Crippen molar-refractivity contribution in [2.24, 2.45) is 4.99 Å². The van der Waals surface area contributed by atoms with Gasteiger partial charge in [0.25, 0.3) is 0 Å². The molecule has 1 aromatic rings. The minimum Gasteiger partial charge on any atom is -0.474 e. The van der Waals surface area contributed by atoms with E-state index >= 15 is 0 Å². The van der Waals surface area contributed by atoms with E-state index in [1.54, 1.807) is 13.2 Å². The van der Waals surface area contributed by atoms with Crippen LogP contribution in [-0.2, 0) is 6.54 Å². The molecular formula is C18H31IN4OS. The number of aliphatic imine (C=N–C) groups is 1. The van der Waals surface area contributed by atoms with Crippen LogP contribution in [0.25, 0.3) is 0 Å². The summed E-state index contributed by atoms with van der Waals surface area (Å²) in [6.45, 7) is 1.61. The van der Waals surface area contributed by atoms with Gasteiger partial charge >= 0.3 is 0 Å². The molecule has 0 atom stereocenters. The number of nitrogens with one attached hydrogen (secondary N) is 2. The van der Waals surface area contributed by atoms with E-state index in [1.165, 1.54) is 25.0 Å². The number of halogens is 1. The first-order valence-electron chi connectivity index (χ1n) is 8.87. The average molecular weight is 478 g/mol. The minimum atomic E-state index is 0. The summed E-state index contributed by atoms with van der Waals surface area (Å²) in [5.41, 5.74) is 1.08. The number of rotatable bonds is 9. The Labute approximate surface area is 173 Å². The second kappa shape index (κ2) is 13.5. The third-order valence-electron chi connectivity index (χ3n) is 4.17. The summed E-state index contributed by atoms with van der Waals surface area (Å²) in [6.07, 6.45) is 11.5. The number of guanidine groups is 1. The van der Waals surface area contributed by atoms with Crippen molar-refractivity contribution in [3.63, 3.8) is 0 Å². The van der Waals surface area contributed by atoms with Crippen LogP contribution in [0, 0.1) is 0 Å². The van der Waals surface area contributed by atoms with Crippen LogP contribution in [0.4, 0.5) is 0 Å².